The van der Waals surface area contributed by atoms with Gasteiger partial charge in [-0.15, -0.1) is 12.4 Å². The SMILES string of the molecule is Cl.Cn1cnc(S(=O)(=O)NCC(=O)NC2CCCCC2CN)c1. The molecule has 1 aromatic heterocycles. The number of imidazole rings is 1. The van der Waals surface area contributed by atoms with E-state index in [0.29, 0.717) is 6.54 Å². The van der Waals surface area contributed by atoms with E-state index in [1.165, 1.54) is 17.1 Å². The predicted octanol–water partition coefficient (Wildman–Crippen LogP) is -0.246. The number of aromatic nitrogens is 2. The molecule has 1 aliphatic carbocycles. The van der Waals surface area contributed by atoms with Gasteiger partial charge >= 0.3 is 0 Å². The van der Waals surface area contributed by atoms with Gasteiger partial charge in [0.2, 0.25) is 5.91 Å². The van der Waals surface area contributed by atoms with Crippen molar-refractivity contribution in [2.75, 3.05) is 13.1 Å². The lowest BCUT2D eigenvalue weighted by molar-refractivity contribution is -0.121. The molecule has 10 heteroatoms. The molecule has 1 aliphatic rings. The Bertz CT molecular complexity index is 619. The maximum absolute atomic E-state index is 12.0. The van der Waals surface area contributed by atoms with Crippen molar-refractivity contribution in [1.29, 1.82) is 0 Å². The summed E-state index contributed by atoms with van der Waals surface area (Å²) in [6.45, 7) is 0.233. The van der Waals surface area contributed by atoms with Crippen molar-refractivity contribution in [3.63, 3.8) is 0 Å². The van der Waals surface area contributed by atoms with Crippen LogP contribution in [0.1, 0.15) is 25.7 Å². The van der Waals surface area contributed by atoms with Crippen LogP contribution in [0.4, 0.5) is 0 Å². The highest BCUT2D eigenvalue weighted by Crippen LogP contribution is 2.23. The average Bonchev–Trinajstić information content (AvgIpc) is 2.93. The first-order valence-electron chi connectivity index (χ1n) is 7.39. The number of aryl methyl sites for hydroxylation is 1. The molecule has 0 aromatic carbocycles. The molecule has 1 amide bonds. The van der Waals surface area contributed by atoms with E-state index < -0.39 is 10.0 Å². The van der Waals surface area contributed by atoms with Crippen LogP contribution in [-0.4, -0.2) is 43.0 Å². The van der Waals surface area contributed by atoms with E-state index in [4.69, 9.17) is 5.73 Å². The van der Waals surface area contributed by atoms with E-state index >= 15 is 0 Å². The highest BCUT2D eigenvalue weighted by atomic mass is 35.5. The minimum Gasteiger partial charge on any atom is -0.352 e. The van der Waals surface area contributed by atoms with Crippen molar-refractivity contribution in [2.45, 2.75) is 36.8 Å². The Morgan fingerprint density at radius 1 is 1.43 bits per heavy atom. The molecule has 2 rings (SSSR count). The summed E-state index contributed by atoms with van der Waals surface area (Å²) in [6.07, 6.45) is 6.84. The molecule has 0 saturated heterocycles. The van der Waals surface area contributed by atoms with Gasteiger partial charge in [-0.3, -0.25) is 4.79 Å². The van der Waals surface area contributed by atoms with Crippen LogP contribution in [-0.2, 0) is 21.9 Å². The second-order valence-corrected chi connectivity index (χ2v) is 7.37. The number of nitrogens with two attached hydrogens (primary N) is 1. The van der Waals surface area contributed by atoms with Gasteiger partial charge in [0, 0.05) is 19.3 Å². The lowest BCUT2D eigenvalue weighted by Crippen LogP contribution is -2.48. The number of hydrogen-bond acceptors (Lipinski definition) is 5. The lowest BCUT2D eigenvalue weighted by Gasteiger charge is -2.31. The molecule has 23 heavy (non-hydrogen) atoms. The van der Waals surface area contributed by atoms with E-state index in [9.17, 15) is 13.2 Å². The molecule has 8 nitrogen and oxygen atoms in total. The average molecular weight is 366 g/mol. The van der Waals surface area contributed by atoms with E-state index in [1.54, 1.807) is 7.05 Å². The van der Waals surface area contributed by atoms with Gasteiger partial charge in [-0.05, 0) is 25.3 Å². The molecule has 4 N–H and O–H groups in total. The zero-order valence-corrected chi connectivity index (χ0v) is 14.7. The summed E-state index contributed by atoms with van der Waals surface area (Å²) >= 11 is 0. The molecule has 0 radical (unpaired) electrons. The molecule has 0 bridgehead atoms. The standard InChI is InChI=1S/C13H23N5O3S.ClH/c1-18-8-13(15-9-18)22(20,21)16-7-12(19)17-11-5-3-2-4-10(11)6-14;/h8-11,16H,2-7,14H2,1H3,(H,17,19);1H. The molecular formula is C13H24ClN5O3S. The minimum atomic E-state index is -3.76. The number of nitrogens with one attached hydrogen (secondary N) is 2. The normalized spacial score (nSPS) is 21.5. The van der Waals surface area contributed by atoms with Crippen molar-refractivity contribution in [1.82, 2.24) is 19.6 Å². The summed E-state index contributed by atoms with van der Waals surface area (Å²) in [5.41, 5.74) is 5.72. The van der Waals surface area contributed by atoms with Gasteiger partial charge in [0.25, 0.3) is 10.0 Å². The number of sulfonamides is 1. The fourth-order valence-electron chi connectivity index (χ4n) is 2.70. The molecule has 1 saturated carbocycles. The lowest BCUT2D eigenvalue weighted by atomic mass is 9.84. The first kappa shape index (κ1) is 19.9. The van der Waals surface area contributed by atoms with Crippen LogP contribution in [0.3, 0.4) is 0 Å². The zero-order valence-electron chi connectivity index (χ0n) is 13.1. The largest absolute Gasteiger partial charge is 0.352 e. The topological polar surface area (TPSA) is 119 Å². The first-order valence-corrected chi connectivity index (χ1v) is 8.88. The minimum absolute atomic E-state index is 0. The fraction of sp³-hybridized carbons (Fsp3) is 0.692. The highest BCUT2D eigenvalue weighted by molar-refractivity contribution is 7.89. The Morgan fingerprint density at radius 3 is 2.74 bits per heavy atom. The van der Waals surface area contributed by atoms with Crippen molar-refractivity contribution < 1.29 is 13.2 Å². The molecule has 0 spiro atoms. The van der Waals surface area contributed by atoms with Crippen LogP contribution in [0.2, 0.25) is 0 Å². The number of carbonyl (C=O) groups is 1. The van der Waals surface area contributed by atoms with E-state index in [-0.39, 0.29) is 41.8 Å². The first-order chi connectivity index (χ1) is 10.4. The molecule has 1 heterocycles. The Morgan fingerprint density at radius 2 is 2.13 bits per heavy atom. The monoisotopic (exact) mass is 365 g/mol. The Labute approximate surface area is 142 Å². The summed E-state index contributed by atoms with van der Waals surface area (Å²) in [7, 11) is -2.09. The predicted molar refractivity (Wildman–Crippen MR) is 88.6 cm³/mol. The van der Waals surface area contributed by atoms with Crippen LogP contribution in [0.25, 0.3) is 0 Å². The quantitative estimate of drug-likeness (QED) is 0.642. The van der Waals surface area contributed by atoms with Gasteiger partial charge in [-0.25, -0.2) is 18.1 Å². The maximum Gasteiger partial charge on any atom is 0.260 e. The van der Waals surface area contributed by atoms with Gasteiger partial charge in [-0.1, -0.05) is 12.8 Å². The number of nitrogens with zero attached hydrogens (tertiary/aromatic N) is 2. The number of hydrogen-bond donors (Lipinski definition) is 3. The smallest absolute Gasteiger partial charge is 0.260 e. The number of carbonyl (C=O) groups excluding carboxylic acids is 1. The van der Waals surface area contributed by atoms with Gasteiger partial charge in [0.15, 0.2) is 5.03 Å². The molecule has 2 unspecified atom stereocenters. The van der Waals surface area contributed by atoms with Crippen molar-refractivity contribution in [3.8, 4) is 0 Å². The van der Waals surface area contributed by atoms with Crippen LogP contribution in [0, 0.1) is 5.92 Å². The third kappa shape index (κ3) is 5.45. The van der Waals surface area contributed by atoms with E-state index in [2.05, 4.69) is 15.0 Å². The van der Waals surface area contributed by atoms with Gasteiger partial charge in [0.05, 0.1) is 12.9 Å². The van der Waals surface area contributed by atoms with Crippen molar-refractivity contribution >= 4 is 28.3 Å². The Balaban J connectivity index is 0.00000264. The third-order valence-electron chi connectivity index (χ3n) is 3.94. The van der Waals surface area contributed by atoms with Crippen LogP contribution < -0.4 is 15.8 Å². The van der Waals surface area contributed by atoms with Crippen molar-refractivity contribution in [3.05, 3.63) is 12.5 Å². The Hall–Kier alpha value is -1.16. The van der Waals surface area contributed by atoms with Gasteiger partial charge in [0.1, 0.15) is 0 Å². The molecule has 0 aliphatic heterocycles. The van der Waals surface area contributed by atoms with E-state index in [1.807, 2.05) is 0 Å². The summed E-state index contributed by atoms with van der Waals surface area (Å²) in [4.78, 5) is 15.7. The van der Waals surface area contributed by atoms with Gasteiger partial charge < -0.3 is 15.6 Å². The fourth-order valence-corrected chi connectivity index (χ4v) is 3.66. The highest BCUT2D eigenvalue weighted by Gasteiger charge is 2.26. The molecule has 2 atom stereocenters. The van der Waals surface area contributed by atoms with Gasteiger partial charge in [-0.2, -0.15) is 0 Å². The number of rotatable bonds is 6. The second kappa shape index (κ2) is 8.62. The van der Waals surface area contributed by atoms with Crippen LogP contribution in [0.15, 0.2) is 17.6 Å². The molecule has 1 fully saturated rings. The summed E-state index contributed by atoms with van der Waals surface area (Å²) in [5.74, 6) is -0.0741. The summed E-state index contributed by atoms with van der Waals surface area (Å²) in [5, 5.41) is 2.78. The zero-order chi connectivity index (χ0) is 16.2. The molecular weight excluding hydrogens is 342 g/mol. The number of amides is 1. The van der Waals surface area contributed by atoms with Crippen LogP contribution in [0.5, 0.6) is 0 Å². The second-order valence-electron chi connectivity index (χ2n) is 5.66. The number of halogens is 1. The summed E-state index contributed by atoms with van der Waals surface area (Å²) < 4.78 is 27.7. The third-order valence-corrected chi connectivity index (χ3v) is 5.22. The maximum atomic E-state index is 12.0. The van der Waals surface area contributed by atoms with E-state index in [0.717, 1.165) is 25.7 Å². The van der Waals surface area contributed by atoms with Crippen LogP contribution >= 0.6 is 12.4 Å². The molecule has 132 valence electrons. The van der Waals surface area contributed by atoms with Crippen molar-refractivity contribution in [2.24, 2.45) is 18.7 Å². The molecule has 1 aromatic rings. The Kier molecular flexibility index (Phi) is 7.46. The summed E-state index contributed by atoms with van der Waals surface area (Å²) in [6, 6.07) is 0.0330.